The molecule has 1 aromatic heterocycles. The van der Waals surface area contributed by atoms with Crippen molar-refractivity contribution in [2.75, 3.05) is 45.3 Å². The van der Waals surface area contributed by atoms with Gasteiger partial charge in [0.1, 0.15) is 5.75 Å². The van der Waals surface area contributed by atoms with Crippen LogP contribution in [0.3, 0.4) is 0 Å². The van der Waals surface area contributed by atoms with Gasteiger partial charge in [-0.25, -0.2) is 23.1 Å². The standard InChI is InChI=1S/C27H28F3N5O3/c1-37-22-15-19(14-18-6-8-35(25(30)24(28)29)26(36)23(18)22)21-5-7-31-27(33-21)32-20-4-2-3-17(13-20)16-34-9-11-38-12-10-34/h2-5,7,13-15,24-25H,6,8-12,16H2,1H3,(H,31,32,33). The predicted octanol–water partition coefficient (Wildman–Crippen LogP) is 4.29. The van der Waals surface area contributed by atoms with Crippen LogP contribution in [-0.4, -0.2) is 78.4 Å². The van der Waals surface area contributed by atoms with E-state index in [0.717, 1.165) is 44.1 Å². The second-order valence-corrected chi connectivity index (χ2v) is 9.15. The first-order chi connectivity index (χ1) is 18.4. The zero-order valence-electron chi connectivity index (χ0n) is 20.9. The lowest BCUT2D eigenvalue weighted by Gasteiger charge is -2.31. The number of anilines is 2. The Balaban J connectivity index is 1.37. The minimum Gasteiger partial charge on any atom is -0.496 e. The molecular weight excluding hydrogens is 499 g/mol. The highest BCUT2D eigenvalue weighted by atomic mass is 19.3. The van der Waals surface area contributed by atoms with Crippen LogP contribution in [0.1, 0.15) is 21.5 Å². The van der Waals surface area contributed by atoms with E-state index in [2.05, 4.69) is 32.3 Å². The number of aromatic nitrogens is 2. The fraction of sp³-hybridized carbons (Fsp3) is 0.370. The second-order valence-electron chi connectivity index (χ2n) is 9.15. The van der Waals surface area contributed by atoms with E-state index in [9.17, 15) is 18.0 Å². The van der Waals surface area contributed by atoms with E-state index >= 15 is 0 Å². The zero-order chi connectivity index (χ0) is 26.6. The van der Waals surface area contributed by atoms with Crippen LogP contribution < -0.4 is 10.1 Å². The Morgan fingerprint density at radius 1 is 1.11 bits per heavy atom. The highest BCUT2D eigenvalue weighted by Crippen LogP contribution is 2.35. The van der Waals surface area contributed by atoms with Gasteiger partial charge in [0.25, 0.3) is 12.3 Å². The van der Waals surface area contributed by atoms with Gasteiger partial charge in [0.05, 0.1) is 31.6 Å². The third-order valence-electron chi connectivity index (χ3n) is 6.65. The van der Waals surface area contributed by atoms with Crippen molar-refractivity contribution in [3.8, 4) is 17.0 Å². The number of hydrogen-bond acceptors (Lipinski definition) is 7. The normalized spacial score (nSPS) is 16.9. The molecule has 2 aliphatic heterocycles. The van der Waals surface area contributed by atoms with Crippen molar-refractivity contribution in [2.24, 2.45) is 0 Å². The van der Waals surface area contributed by atoms with E-state index in [1.165, 1.54) is 7.11 Å². The number of carbonyl (C=O) groups is 1. The Hall–Kier alpha value is -3.70. The number of nitrogens with zero attached hydrogens (tertiary/aromatic N) is 4. The van der Waals surface area contributed by atoms with Crippen molar-refractivity contribution >= 4 is 17.5 Å². The number of halogens is 3. The lowest BCUT2D eigenvalue weighted by atomic mass is 9.94. The van der Waals surface area contributed by atoms with Crippen LogP contribution >= 0.6 is 0 Å². The van der Waals surface area contributed by atoms with Crippen molar-refractivity contribution in [2.45, 2.75) is 25.7 Å². The quantitative estimate of drug-likeness (QED) is 0.438. The summed E-state index contributed by atoms with van der Waals surface area (Å²) in [5, 5.41) is 3.25. The minimum atomic E-state index is -3.28. The van der Waals surface area contributed by atoms with Gasteiger partial charge in [0, 0.05) is 43.6 Å². The average Bonchev–Trinajstić information content (AvgIpc) is 2.93. The van der Waals surface area contributed by atoms with Crippen LogP contribution in [0.2, 0.25) is 0 Å². The van der Waals surface area contributed by atoms with Gasteiger partial charge in [0.15, 0.2) is 0 Å². The zero-order valence-corrected chi connectivity index (χ0v) is 20.9. The largest absolute Gasteiger partial charge is 0.496 e. The van der Waals surface area contributed by atoms with Gasteiger partial charge >= 0.3 is 0 Å². The molecule has 0 aliphatic carbocycles. The number of carbonyl (C=O) groups excluding carboxylic acids is 1. The van der Waals surface area contributed by atoms with Gasteiger partial charge in [0.2, 0.25) is 12.2 Å². The molecule has 1 saturated heterocycles. The highest BCUT2D eigenvalue weighted by molar-refractivity contribution is 6.00. The topological polar surface area (TPSA) is 79.8 Å². The number of methoxy groups -OCH3 is 1. The number of ether oxygens (including phenoxy) is 2. The van der Waals surface area contributed by atoms with Crippen molar-refractivity contribution in [1.29, 1.82) is 0 Å². The van der Waals surface area contributed by atoms with Crippen molar-refractivity contribution in [3.05, 3.63) is 65.4 Å². The monoisotopic (exact) mass is 527 g/mol. The van der Waals surface area contributed by atoms with E-state index in [4.69, 9.17) is 9.47 Å². The number of nitrogens with one attached hydrogen (secondary N) is 1. The number of morpholine rings is 1. The molecule has 0 radical (unpaired) electrons. The molecule has 1 unspecified atom stereocenters. The fourth-order valence-corrected chi connectivity index (χ4v) is 4.75. The van der Waals surface area contributed by atoms with Gasteiger partial charge in [-0.15, -0.1) is 0 Å². The van der Waals surface area contributed by atoms with Gasteiger partial charge < -0.3 is 19.7 Å². The molecule has 3 aromatic rings. The molecule has 1 N–H and O–H groups in total. The van der Waals surface area contributed by atoms with Gasteiger partial charge in [-0.2, -0.15) is 0 Å². The first-order valence-corrected chi connectivity index (χ1v) is 12.4. The Bertz CT molecular complexity index is 1290. The average molecular weight is 528 g/mol. The van der Waals surface area contributed by atoms with Gasteiger partial charge in [-0.1, -0.05) is 12.1 Å². The summed E-state index contributed by atoms with van der Waals surface area (Å²) in [6.07, 6.45) is -4.11. The van der Waals surface area contributed by atoms with Gasteiger partial charge in [-0.05, 0) is 47.9 Å². The smallest absolute Gasteiger partial charge is 0.287 e. The number of rotatable bonds is 8. The maximum atomic E-state index is 14.0. The molecular formula is C27H28F3N5O3. The van der Waals surface area contributed by atoms with E-state index in [1.54, 1.807) is 24.4 Å². The lowest BCUT2D eigenvalue weighted by Crippen LogP contribution is -2.46. The third kappa shape index (κ3) is 5.58. The molecule has 1 amide bonds. The van der Waals surface area contributed by atoms with Crippen LogP contribution in [0.5, 0.6) is 5.75 Å². The third-order valence-corrected chi connectivity index (χ3v) is 6.65. The molecule has 0 saturated carbocycles. The van der Waals surface area contributed by atoms with Crippen LogP contribution in [-0.2, 0) is 17.7 Å². The summed E-state index contributed by atoms with van der Waals surface area (Å²) in [5.74, 6) is -0.246. The maximum absolute atomic E-state index is 14.0. The molecule has 2 aromatic carbocycles. The molecule has 8 nitrogen and oxygen atoms in total. The van der Waals surface area contributed by atoms with Crippen LogP contribution in [0, 0.1) is 0 Å². The van der Waals surface area contributed by atoms with E-state index < -0.39 is 18.6 Å². The van der Waals surface area contributed by atoms with E-state index in [0.29, 0.717) is 27.7 Å². The Morgan fingerprint density at radius 3 is 2.68 bits per heavy atom. The van der Waals surface area contributed by atoms with Crippen molar-refractivity contribution < 1.29 is 27.4 Å². The minimum absolute atomic E-state index is 0.0929. The summed E-state index contributed by atoms with van der Waals surface area (Å²) < 4.78 is 50.7. The molecule has 0 bridgehead atoms. The number of amides is 1. The molecule has 0 spiro atoms. The molecule has 1 fully saturated rings. The van der Waals surface area contributed by atoms with Crippen LogP contribution in [0.15, 0.2) is 48.7 Å². The van der Waals surface area contributed by atoms with E-state index in [1.807, 2.05) is 12.1 Å². The molecule has 1 atom stereocenters. The predicted molar refractivity (Wildman–Crippen MR) is 135 cm³/mol. The Morgan fingerprint density at radius 2 is 1.92 bits per heavy atom. The first kappa shape index (κ1) is 25.9. The van der Waals surface area contributed by atoms with Crippen molar-refractivity contribution in [1.82, 2.24) is 19.8 Å². The summed E-state index contributed by atoms with van der Waals surface area (Å²) in [6, 6.07) is 13.1. The molecule has 3 heterocycles. The summed E-state index contributed by atoms with van der Waals surface area (Å²) in [7, 11) is 1.38. The van der Waals surface area contributed by atoms with Crippen LogP contribution in [0.25, 0.3) is 11.3 Å². The van der Waals surface area contributed by atoms with Crippen molar-refractivity contribution in [3.63, 3.8) is 0 Å². The number of hydrogen-bond donors (Lipinski definition) is 1. The molecule has 200 valence electrons. The van der Waals surface area contributed by atoms with Crippen LogP contribution in [0.4, 0.5) is 24.8 Å². The van der Waals surface area contributed by atoms with Gasteiger partial charge in [-0.3, -0.25) is 9.69 Å². The molecule has 2 aliphatic rings. The number of benzene rings is 2. The highest BCUT2D eigenvalue weighted by Gasteiger charge is 2.37. The maximum Gasteiger partial charge on any atom is 0.287 e. The summed E-state index contributed by atoms with van der Waals surface area (Å²) >= 11 is 0. The summed E-state index contributed by atoms with van der Waals surface area (Å²) in [6.45, 7) is 3.95. The molecule has 38 heavy (non-hydrogen) atoms. The molecule has 5 rings (SSSR count). The summed E-state index contributed by atoms with van der Waals surface area (Å²) in [5.41, 5.74) is 3.94. The summed E-state index contributed by atoms with van der Waals surface area (Å²) in [4.78, 5) is 24.7. The van der Waals surface area contributed by atoms with E-state index in [-0.39, 0.29) is 24.3 Å². The number of alkyl halides is 3. The molecule has 11 heteroatoms. The lowest BCUT2D eigenvalue weighted by molar-refractivity contribution is -0.0382. The Kier molecular flexibility index (Phi) is 7.75. The first-order valence-electron chi connectivity index (χ1n) is 12.4. The second kappa shape index (κ2) is 11.4. The fourth-order valence-electron chi connectivity index (χ4n) is 4.75. The Labute approximate surface area is 218 Å². The SMILES string of the molecule is COc1cc(-c2ccnc(Nc3cccc(CN4CCOCC4)c3)n2)cc2c1C(=O)N(C(F)C(F)F)CC2. The number of fused-ring (bicyclic) bond motifs is 1.